The molecule has 0 saturated carbocycles. The van der Waals surface area contributed by atoms with Crippen molar-refractivity contribution in [2.24, 2.45) is 0 Å². The second kappa shape index (κ2) is 8.47. The predicted octanol–water partition coefficient (Wildman–Crippen LogP) is 2.99. The summed E-state index contributed by atoms with van der Waals surface area (Å²) in [4.78, 5) is 36.2. The van der Waals surface area contributed by atoms with Crippen LogP contribution < -0.4 is 5.32 Å². The summed E-state index contributed by atoms with van der Waals surface area (Å²) in [5, 5.41) is 3.01. The first-order chi connectivity index (χ1) is 10.8. The minimum absolute atomic E-state index is 0.251. The summed E-state index contributed by atoms with van der Waals surface area (Å²) >= 11 is 1.28. The molecule has 0 unspecified atom stereocenters. The Labute approximate surface area is 139 Å². The van der Waals surface area contributed by atoms with Crippen LogP contribution in [0.1, 0.15) is 41.6 Å². The second-order valence-electron chi connectivity index (χ2n) is 5.09. The molecule has 7 heteroatoms. The maximum absolute atomic E-state index is 12.0. The SMILES string of the molecule is CCOC(=O)c1c(NC(=O)COC(=O)C=C(C)C)sc(C)c1C. The van der Waals surface area contributed by atoms with Crippen LogP contribution in [0.15, 0.2) is 11.6 Å². The van der Waals surface area contributed by atoms with Gasteiger partial charge in [-0.2, -0.15) is 0 Å². The highest BCUT2D eigenvalue weighted by molar-refractivity contribution is 7.16. The number of allylic oxidation sites excluding steroid dienone is 1. The van der Waals surface area contributed by atoms with Gasteiger partial charge in [0, 0.05) is 11.0 Å². The van der Waals surface area contributed by atoms with Crippen LogP contribution in [-0.2, 0) is 19.1 Å². The molecule has 0 atom stereocenters. The first-order valence-corrected chi connectivity index (χ1v) is 7.96. The molecule has 1 N–H and O–H groups in total. The summed E-state index contributed by atoms with van der Waals surface area (Å²) in [6.07, 6.45) is 1.30. The fraction of sp³-hybridized carbons (Fsp3) is 0.438. The molecule has 6 nitrogen and oxygen atoms in total. The lowest BCUT2D eigenvalue weighted by molar-refractivity contribution is -0.142. The van der Waals surface area contributed by atoms with E-state index in [-0.39, 0.29) is 6.61 Å². The number of anilines is 1. The fourth-order valence-electron chi connectivity index (χ4n) is 1.74. The van der Waals surface area contributed by atoms with Gasteiger partial charge >= 0.3 is 11.9 Å². The third kappa shape index (κ3) is 5.52. The van der Waals surface area contributed by atoms with E-state index in [9.17, 15) is 14.4 Å². The number of rotatable bonds is 6. The summed E-state index contributed by atoms with van der Waals surface area (Å²) in [7, 11) is 0. The molecule has 0 fully saturated rings. The maximum Gasteiger partial charge on any atom is 0.341 e. The smallest absolute Gasteiger partial charge is 0.341 e. The molecule has 126 valence electrons. The summed E-state index contributed by atoms with van der Waals surface area (Å²) in [6.45, 7) is 8.71. The number of carbonyl (C=O) groups is 3. The van der Waals surface area contributed by atoms with E-state index in [1.165, 1.54) is 17.4 Å². The average Bonchev–Trinajstić information content (AvgIpc) is 2.71. The monoisotopic (exact) mass is 339 g/mol. The Morgan fingerprint density at radius 1 is 1.17 bits per heavy atom. The molecule has 0 aliphatic rings. The standard InChI is InChI=1S/C16H21NO5S/c1-6-21-16(20)14-10(4)11(5)23-15(14)17-12(18)8-22-13(19)7-9(2)3/h7H,6,8H2,1-5H3,(H,17,18). The van der Waals surface area contributed by atoms with Crippen molar-refractivity contribution < 1.29 is 23.9 Å². The second-order valence-corrected chi connectivity index (χ2v) is 6.31. The van der Waals surface area contributed by atoms with E-state index < -0.39 is 24.5 Å². The van der Waals surface area contributed by atoms with Gasteiger partial charge in [-0.1, -0.05) is 5.57 Å². The molecule has 0 bridgehead atoms. The van der Waals surface area contributed by atoms with E-state index in [2.05, 4.69) is 5.32 Å². The first kappa shape index (κ1) is 18.9. The van der Waals surface area contributed by atoms with Crippen LogP contribution in [0.5, 0.6) is 0 Å². The molecule has 0 aliphatic heterocycles. The molecule has 0 aromatic carbocycles. The largest absolute Gasteiger partial charge is 0.462 e. The van der Waals surface area contributed by atoms with Crippen molar-refractivity contribution >= 4 is 34.2 Å². The molecule has 1 amide bonds. The van der Waals surface area contributed by atoms with E-state index in [0.29, 0.717) is 10.6 Å². The van der Waals surface area contributed by atoms with Gasteiger partial charge < -0.3 is 14.8 Å². The van der Waals surface area contributed by atoms with Crippen LogP contribution in [0, 0.1) is 13.8 Å². The van der Waals surface area contributed by atoms with Crippen LogP contribution >= 0.6 is 11.3 Å². The molecular weight excluding hydrogens is 318 g/mol. The minimum Gasteiger partial charge on any atom is -0.462 e. The minimum atomic E-state index is -0.579. The first-order valence-electron chi connectivity index (χ1n) is 7.14. The zero-order valence-electron chi connectivity index (χ0n) is 13.9. The highest BCUT2D eigenvalue weighted by atomic mass is 32.1. The molecule has 0 aliphatic carbocycles. The molecule has 0 spiro atoms. The van der Waals surface area contributed by atoms with Gasteiger partial charge in [0.2, 0.25) is 0 Å². The summed E-state index contributed by atoms with van der Waals surface area (Å²) < 4.78 is 9.84. The normalized spacial score (nSPS) is 9.96. The Balaban J connectivity index is 2.79. The van der Waals surface area contributed by atoms with Crippen molar-refractivity contribution in [3.63, 3.8) is 0 Å². The molecule has 23 heavy (non-hydrogen) atoms. The van der Waals surface area contributed by atoms with Crippen molar-refractivity contribution in [3.8, 4) is 0 Å². The molecular formula is C16H21NO5S. The molecule has 1 rings (SSSR count). The highest BCUT2D eigenvalue weighted by Crippen LogP contribution is 2.32. The average molecular weight is 339 g/mol. The van der Waals surface area contributed by atoms with Gasteiger partial charge in [-0.3, -0.25) is 4.79 Å². The Kier molecular flexibility index (Phi) is 6.96. The summed E-state index contributed by atoms with van der Waals surface area (Å²) in [5.41, 5.74) is 1.90. The highest BCUT2D eigenvalue weighted by Gasteiger charge is 2.22. The van der Waals surface area contributed by atoms with Crippen LogP contribution in [0.2, 0.25) is 0 Å². The number of nitrogens with one attached hydrogen (secondary N) is 1. The number of amides is 1. The van der Waals surface area contributed by atoms with Gasteiger partial charge in [0.05, 0.1) is 12.2 Å². The van der Waals surface area contributed by atoms with Gasteiger partial charge in [-0.15, -0.1) is 11.3 Å². The number of hydrogen-bond donors (Lipinski definition) is 1. The van der Waals surface area contributed by atoms with Crippen LogP contribution in [0.3, 0.4) is 0 Å². The summed E-state index contributed by atoms with van der Waals surface area (Å²) in [5.74, 6) is -1.57. The van der Waals surface area contributed by atoms with Gasteiger partial charge in [-0.05, 0) is 40.2 Å². The summed E-state index contributed by atoms with van der Waals surface area (Å²) in [6, 6.07) is 0. The van der Waals surface area contributed by atoms with Crippen molar-refractivity contribution in [1.82, 2.24) is 0 Å². The van der Waals surface area contributed by atoms with E-state index in [0.717, 1.165) is 16.0 Å². The number of ether oxygens (including phenoxy) is 2. The zero-order valence-corrected chi connectivity index (χ0v) is 14.8. The van der Waals surface area contributed by atoms with E-state index >= 15 is 0 Å². The number of carbonyl (C=O) groups excluding carboxylic acids is 3. The Hall–Kier alpha value is -2.15. The lowest BCUT2D eigenvalue weighted by atomic mass is 10.1. The number of hydrogen-bond acceptors (Lipinski definition) is 6. The van der Waals surface area contributed by atoms with Gasteiger partial charge in [0.15, 0.2) is 6.61 Å². The fourth-order valence-corrected chi connectivity index (χ4v) is 2.81. The van der Waals surface area contributed by atoms with E-state index in [4.69, 9.17) is 9.47 Å². The molecule has 0 radical (unpaired) electrons. The quantitative estimate of drug-likeness (QED) is 0.636. The topological polar surface area (TPSA) is 81.7 Å². The molecule has 1 heterocycles. The van der Waals surface area contributed by atoms with Crippen molar-refractivity contribution in [1.29, 1.82) is 0 Å². The van der Waals surface area contributed by atoms with Crippen LogP contribution in [-0.4, -0.2) is 31.1 Å². The molecule has 1 aromatic heterocycles. The van der Waals surface area contributed by atoms with Crippen LogP contribution in [0.4, 0.5) is 5.00 Å². The van der Waals surface area contributed by atoms with Gasteiger partial charge in [-0.25, -0.2) is 9.59 Å². The zero-order chi connectivity index (χ0) is 17.6. The lowest BCUT2D eigenvalue weighted by Crippen LogP contribution is -2.21. The Morgan fingerprint density at radius 3 is 2.39 bits per heavy atom. The van der Waals surface area contributed by atoms with Crippen molar-refractivity contribution in [2.45, 2.75) is 34.6 Å². The van der Waals surface area contributed by atoms with Gasteiger partial charge in [0.1, 0.15) is 5.00 Å². The molecule has 0 saturated heterocycles. The van der Waals surface area contributed by atoms with Crippen molar-refractivity contribution in [2.75, 3.05) is 18.5 Å². The predicted molar refractivity (Wildman–Crippen MR) is 88.8 cm³/mol. The third-order valence-corrected chi connectivity index (χ3v) is 3.99. The third-order valence-electron chi connectivity index (χ3n) is 2.87. The lowest BCUT2D eigenvalue weighted by Gasteiger charge is -2.07. The van der Waals surface area contributed by atoms with E-state index in [1.54, 1.807) is 27.7 Å². The van der Waals surface area contributed by atoms with Crippen LogP contribution in [0.25, 0.3) is 0 Å². The maximum atomic E-state index is 12.0. The van der Waals surface area contributed by atoms with Crippen molar-refractivity contribution in [3.05, 3.63) is 27.7 Å². The van der Waals surface area contributed by atoms with E-state index in [1.807, 2.05) is 6.92 Å². The number of aryl methyl sites for hydroxylation is 1. The number of thiophene rings is 1. The Bertz CT molecular complexity index is 641. The van der Waals surface area contributed by atoms with Gasteiger partial charge in [0.25, 0.3) is 5.91 Å². The Morgan fingerprint density at radius 2 is 1.83 bits per heavy atom. The molecule has 1 aromatic rings. The number of esters is 2.